The first kappa shape index (κ1) is 21.9. The van der Waals surface area contributed by atoms with Crippen LogP contribution in [0.3, 0.4) is 0 Å². The molecular formula is C22H23BrN2O5. The molecule has 0 aromatic heterocycles. The van der Waals surface area contributed by atoms with Crippen LogP contribution in [-0.2, 0) is 14.3 Å². The van der Waals surface area contributed by atoms with Crippen molar-refractivity contribution in [2.24, 2.45) is 0 Å². The summed E-state index contributed by atoms with van der Waals surface area (Å²) in [6.45, 7) is 2.14. The molecule has 2 aromatic rings. The van der Waals surface area contributed by atoms with Crippen LogP contribution in [0.4, 0.5) is 10.5 Å². The zero-order valence-corrected chi connectivity index (χ0v) is 18.6. The third-order valence-corrected chi connectivity index (χ3v) is 5.49. The molecule has 0 fully saturated rings. The lowest BCUT2D eigenvalue weighted by molar-refractivity contribution is -0.140. The molecule has 0 aliphatic carbocycles. The monoisotopic (exact) mass is 474 g/mol. The van der Waals surface area contributed by atoms with Crippen LogP contribution in [-0.4, -0.2) is 39.4 Å². The molecule has 1 heterocycles. The van der Waals surface area contributed by atoms with Gasteiger partial charge < -0.3 is 19.5 Å². The number of benzene rings is 2. The Morgan fingerprint density at radius 1 is 1.10 bits per heavy atom. The van der Waals surface area contributed by atoms with Crippen LogP contribution < -0.4 is 15.0 Å². The minimum absolute atomic E-state index is 0.116. The van der Waals surface area contributed by atoms with Crippen molar-refractivity contribution in [3.63, 3.8) is 0 Å². The van der Waals surface area contributed by atoms with E-state index in [1.807, 2.05) is 24.3 Å². The van der Waals surface area contributed by atoms with Crippen LogP contribution in [0.25, 0.3) is 0 Å². The first-order valence-electron chi connectivity index (χ1n) is 9.33. The average Bonchev–Trinajstić information content (AvgIpc) is 2.74. The first-order valence-corrected chi connectivity index (χ1v) is 10.1. The second kappa shape index (κ2) is 9.77. The van der Waals surface area contributed by atoms with Crippen LogP contribution in [0.2, 0.25) is 0 Å². The second-order valence-electron chi connectivity index (χ2n) is 6.57. The first-order chi connectivity index (χ1) is 14.5. The van der Waals surface area contributed by atoms with Crippen LogP contribution in [0.5, 0.6) is 5.75 Å². The zero-order chi connectivity index (χ0) is 21.7. The van der Waals surface area contributed by atoms with Gasteiger partial charge in [-0.2, -0.15) is 0 Å². The van der Waals surface area contributed by atoms with Gasteiger partial charge in [-0.1, -0.05) is 34.1 Å². The number of ether oxygens (including phenoxy) is 3. The van der Waals surface area contributed by atoms with Gasteiger partial charge >= 0.3 is 12.0 Å². The van der Waals surface area contributed by atoms with Crippen molar-refractivity contribution in [1.29, 1.82) is 0 Å². The Labute approximate surface area is 183 Å². The summed E-state index contributed by atoms with van der Waals surface area (Å²) in [5, 5.41) is 2.94. The smallest absolute Gasteiger partial charge is 0.338 e. The minimum Gasteiger partial charge on any atom is -0.497 e. The summed E-state index contributed by atoms with van der Waals surface area (Å²) in [4.78, 5) is 27.5. The number of nitrogens with zero attached hydrogens (tertiary/aromatic N) is 1. The van der Waals surface area contributed by atoms with Crippen molar-refractivity contribution >= 4 is 33.6 Å². The molecule has 0 saturated carbocycles. The van der Waals surface area contributed by atoms with E-state index in [0.29, 0.717) is 22.7 Å². The van der Waals surface area contributed by atoms with Gasteiger partial charge in [-0.05, 0) is 42.8 Å². The normalized spacial score (nSPS) is 16.3. The lowest BCUT2D eigenvalue weighted by Crippen LogP contribution is -2.48. The largest absolute Gasteiger partial charge is 0.497 e. The number of amides is 2. The van der Waals surface area contributed by atoms with Gasteiger partial charge in [0.1, 0.15) is 12.4 Å². The fourth-order valence-electron chi connectivity index (χ4n) is 3.29. The molecule has 2 aromatic carbocycles. The number of allylic oxidation sites excluding steroid dienone is 1. The molecule has 1 unspecified atom stereocenters. The van der Waals surface area contributed by atoms with Crippen LogP contribution >= 0.6 is 15.9 Å². The standard InChI is InChI=1S/C22H23BrN2O5/c1-14-19(21(26)30-13-12-28-2)20(17-6-4-5-7-18(17)23)24-22(27)25(14)15-8-10-16(29-3)11-9-15/h4-11,20H,12-13H2,1-3H3,(H,24,27). The number of halogens is 1. The zero-order valence-electron chi connectivity index (χ0n) is 17.0. The number of anilines is 1. The highest BCUT2D eigenvalue weighted by atomic mass is 79.9. The van der Waals surface area contributed by atoms with Gasteiger partial charge in [0, 0.05) is 17.3 Å². The third-order valence-electron chi connectivity index (χ3n) is 4.77. The SMILES string of the molecule is COCCOC(=O)C1=C(C)N(c2ccc(OC)cc2)C(=O)NC1c1ccccc1Br. The number of hydrogen-bond acceptors (Lipinski definition) is 5. The molecule has 7 nitrogen and oxygen atoms in total. The number of methoxy groups -OCH3 is 2. The molecule has 0 spiro atoms. The van der Waals surface area contributed by atoms with Crippen LogP contribution in [0.1, 0.15) is 18.5 Å². The fourth-order valence-corrected chi connectivity index (χ4v) is 3.80. The van der Waals surface area contributed by atoms with Gasteiger partial charge in [-0.25, -0.2) is 9.59 Å². The molecule has 0 saturated heterocycles. The van der Waals surface area contributed by atoms with E-state index in [0.717, 1.165) is 10.0 Å². The Morgan fingerprint density at radius 2 is 1.80 bits per heavy atom. The molecular weight excluding hydrogens is 452 g/mol. The van der Waals surface area contributed by atoms with Crippen LogP contribution in [0, 0.1) is 0 Å². The number of carbonyl (C=O) groups excluding carboxylic acids is 2. The predicted octanol–water partition coefficient (Wildman–Crippen LogP) is 4.19. The van der Waals surface area contributed by atoms with Gasteiger partial charge in [-0.3, -0.25) is 4.90 Å². The molecule has 8 heteroatoms. The molecule has 1 N–H and O–H groups in total. The Bertz CT molecular complexity index is 958. The summed E-state index contributed by atoms with van der Waals surface area (Å²) < 4.78 is 16.3. The van der Waals surface area contributed by atoms with E-state index in [1.54, 1.807) is 38.3 Å². The number of hydrogen-bond donors (Lipinski definition) is 1. The van der Waals surface area contributed by atoms with E-state index >= 15 is 0 Å². The molecule has 3 rings (SSSR count). The van der Waals surface area contributed by atoms with Gasteiger partial charge in [0.15, 0.2) is 0 Å². The molecule has 2 amide bonds. The number of nitrogens with one attached hydrogen (secondary N) is 1. The number of esters is 1. The summed E-state index contributed by atoms with van der Waals surface area (Å²) >= 11 is 3.51. The van der Waals surface area contributed by atoms with E-state index in [2.05, 4.69) is 21.2 Å². The molecule has 158 valence electrons. The van der Waals surface area contributed by atoms with E-state index in [1.165, 1.54) is 12.0 Å². The molecule has 1 aliphatic heterocycles. The van der Waals surface area contributed by atoms with E-state index in [-0.39, 0.29) is 19.2 Å². The summed E-state index contributed by atoms with van der Waals surface area (Å²) in [7, 11) is 3.11. The number of urea groups is 1. The average molecular weight is 475 g/mol. The minimum atomic E-state index is -0.655. The molecule has 1 atom stereocenters. The molecule has 30 heavy (non-hydrogen) atoms. The quantitative estimate of drug-likeness (QED) is 0.480. The Kier molecular flexibility index (Phi) is 7.12. The Balaban J connectivity index is 2.07. The highest BCUT2D eigenvalue weighted by molar-refractivity contribution is 9.10. The van der Waals surface area contributed by atoms with Crippen molar-refractivity contribution in [3.8, 4) is 5.75 Å². The summed E-state index contributed by atoms with van der Waals surface area (Å²) in [5.74, 6) is 0.159. The number of carbonyl (C=O) groups is 2. The van der Waals surface area contributed by atoms with Gasteiger partial charge in [0.2, 0.25) is 0 Å². The van der Waals surface area contributed by atoms with Crippen molar-refractivity contribution < 1.29 is 23.8 Å². The van der Waals surface area contributed by atoms with Gasteiger partial charge in [0.25, 0.3) is 0 Å². The Hall–Kier alpha value is -2.84. The fraction of sp³-hybridized carbons (Fsp3) is 0.273. The maximum Gasteiger partial charge on any atom is 0.338 e. The lowest BCUT2D eigenvalue weighted by Gasteiger charge is -2.35. The van der Waals surface area contributed by atoms with E-state index in [9.17, 15) is 9.59 Å². The maximum atomic E-state index is 13.0. The third kappa shape index (κ3) is 4.49. The van der Waals surface area contributed by atoms with Crippen LogP contribution in [0.15, 0.2) is 64.3 Å². The summed E-state index contributed by atoms with van der Waals surface area (Å²) in [6.07, 6.45) is 0. The molecule has 0 radical (unpaired) electrons. The van der Waals surface area contributed by atoms with Crippen molar-refractivity contribution in [3.05, 3.63) is 69.8 Å². The topological polar surface area (TPSA) is 77.1 Å². The Morgan fingerprint density at radius 3 is 2.43 bits per heavy atom. The maximum absolute atomic E-state index is 13.0. The van der Waals surface area contributed by atoms with E-state index in [4.69, 9.17) is 14.2 Å². The van der Waals surface area contributed by atoms with E-state index < -0.39 is 12.0 Å². The predicted molar refractivity (Wildman–Crippen MR) is 116 cm³/mol. The lowest BCUT2D eigenvalue weighted by atomic mass is 9.94. The molecule has 0 bridgehead atoms. The van der Waals surface area contributed by atoms with Crippen molar-refractivity contribution in [2.45, 2.75) is 13.0 Å². The highest BCUT2D eigenvalue weighted by Crippen LogP contribution is 2.37. The highest BCUT2D eigenvalue weighted by Gasteiger charge is 2.37. The van der Waals surface area contributed by atoms with Gasteiger partial charge in [-0.15, -0.1) is 0 Å². The second-order valence-corrected chi connectivity index (χ2v) is 7.42. The number of rotatable bonds is 7. The molecule has 1 aliphatic rings. The van der Waals surface area contributed by atoms with Crippen molar-refractivity contribution in [1.82, 2.24) is 5.32 Å². The summed E-state index contributed by atoms with van der Waals surface area (Å²) in [5.41, 5.74) is 2.22. The summed E-state index contributed by atoms with van der Waals surface area (Å²) in [6, 6.07) is 13.5. The van der Waals surface area contributed by atoms with Gasteiger partial charge in [0.05, 0.1) is 31.0 Å². The van der Waals surface area contributed by atoms with Crippen molar-refractivity contribution in [2.75, 3.05) is 32.3 Å².